The number of methoxy groups -OCH3 is 2. The second-order valence-corrected chi connectivity index (χ2v) is 14.2. The number of alkyl carbamates (subject to hydrolysis) is 2. The Morgan fingerprint density at radius 1 is 0.796 bits per heavy atom. The Bertz CT molecular complexity index is 1930. The minimum absolute atomic E-state index is 0.129. The first-order valence-corrected chi connectivity index (χ1v) is 18.1. The van der Waals surface area contributed by atoms with Crippen molar-refractivity contribution in [2.45, 2.75) is 71.1 Å². The summed E-state index contributed by atoms with van der Waals surface area (Å²) in [5, 5.41) is 8.38. The van der Waals surface area contributed by atoms with Gasteiger partial charge in [0.25, 0.3) is 0 Å². The normalized spacial score (nSPS) is 14.1. The fraction of sp³-hybridized carbons (Fsp3) is 0.400. The summed E-state index contributed by atoms with van der Waals surface area (Å²) in [6.07, 6.45) is 6.04. The summed E-state index contributed by atoms with van der Waals surface area (Å²) in [5.41, 5.74) is 5.02. The molecule has 4 aromatic rings. The fourth-order valence-electron chi connectivity index (χ4n) is 6.16. The predicted octanol–water partition coefficient (Wildman–Crippen LogP) is 5.91. The molecule has 14 nitrogen and oxygen atoms in total. The monoisotopic (exact) mass is 738 g/mol. The lowest BCUT2D eigenvalue weighted by molar-refractivity contribution is -0.135. The SMILES string of the molecule is C=CCCN(Cc1ncc(-c2ccc(-c3ccc(-c4cnc(C5(NC(=O)[C@@H](NC(=O)OC)C(C)C)CC5)[nH]4)cc3)cc2)[nH]1)C(=O)[C@@H](NC(=O)OC)C(C)C. The molecule has 1 aliphatic rings. The minimum Gasteiger partial charge on any atom is -0.453 e. The fourth-order valence-corrected chi connectivity index (χ4v) is 6.16. The molecule has 54 heavy (non-hydrogen) atoms. The first kappa shape index (κ1) is 39.3. The highest BCUT2D eigenvalue weighted by atomic mass is 16.5. The van der Waals surface area contributed by atoms with Crippen molar-refractivity contribution >= 4 is 24.0 Å². The van der Waals surface area contributed by atoms with Gasteiger partial charge in [0.1, 0.15) is 23.7 Å². The number of hydrogen-bond donors (Lipinski definition) is 5. The van der Waals surface area contributed by atoms with E-state index in [2.05, 4.69) is 42.5 Å². The summed E-state index contributed by atoms with van der Waals surface area (Å²) < 4.78 is 9.43. The van der Waals surface area contributed by atoms with Crippen LogP contribution in [0.2, 0.25) is 0 Å². The van der Waals surface area contributed by atoms with Crippen molar-refractivity contribution in [2.75, 3.05) is 20.8 Å². The average Bonchev–Trinajstić information content (AvgIpc) is 3.53. The lowest BCUT2D eigenvalue weighted by Gasteiger charge is -2.28. The lowest BCUT2D eigenvalue weighted by atomic mass is 10.0. The van der Waals surface area contributed by atoms with Gasteiger partial charge in [-0.25, -0.2) is 19.6 Å². The summed E-state index contributed by atoms with van der Waals surface area (Å²) in [6.45, 7) is 11.9. The third-order valence-electron chi connectivity index (χ3n) is 9.55. The molecule has 5 N–H and O–H groups in total. The van der Waals surface area contributed by atoms with Crippen molar-refractivity contribution in [1.29, 1.82) is 0 Å². The molecule has 286 valence electrons. The van der Waals surface area contributed by atoms with Gasteiger partial charge in [-0.2, -0.15) is 0 Å². The van der Waals surface area contributed by atoms with Crippen molar-refractivity contribution in [3.63, 3.8) is 0 Å². The van der Waals surface area contributed by atoms with Gasteiger partial charge < -0.3 is 40.3 Å². The van der Waals surface area contributed by atoms with Gasteiger partial charge in [0, 0.05) is 6.54 Å². The Morgan fingerprint density at radius 2 is 1.30 bits per heavy atom. The molecule has 0 spiro atoms. The lowest BCUT2D eigenvalue weighted by Crippen LogP contribution is -2.52. The number of H-pyrrole nitrogens is 2. The largest absolute Gasteiger partial charge is 0.453 e. The van der Waals surface area contributed by atoms with Gasteiger partial charge in [0.15, 0.2) is 0 Å². The maximum Gasteiger partial charge on any atom is 0.407 e. The third-order valence-corrected chi connectivity index (χ3v) is 9.55. The van der Waals surface area contributed by atoms with Crippen molar-refractivity contribution in [3.8, 4) is 33.6 Å². The van der Waals surface area contributed by atoms with Gasteiger partial charge in [-0.15, -0.1) is 6.58 Å². The second kappa shape index (κ2) is 17.3. The molecule has 2 atom stereocenters. The number of rotatable bonds is 16. The quantitative estimate of drug-likeness (QED) is 0.0880. The Labute approximate surface area is 315 Å². The molecular formula is C40H50N8O6. The van der Waals surface area contributed by atoms with Crippen LogP contribution >= 0.6 is 0 Å². The number of benzene rings is 2. The maximum absolute atomic E-state index is 13.5. The van der Waals surface area contributed by atoms with E-state index in [4.69, 9.17) is 9.47 Å². The van der Waals surface area contributed by atoms with Gasteiger partial charge in [-0.1, -0.05) is 82.3 Å². The molecule has 1 saturated carbocycles. The van der Waals surface area contributed by atoms with Crippen LogP contribution in [0.3, 0.4) is 0 Å². The molecule has 1 aliphatic carbocycles. The highest BCUT2D eigenvalue weighted by Crippen LogP contribution is 2.44. The van der Waals surface area contributed by atoms with Crippen LogP contribution in [0.25, 0.3) is 33.6 Å². The Hall–Kier alpha value is -5.92. The molecule has 4 amide bonds. The first-order chi connectivity index (χ1) is 25.9. The van der Waals surface area contributed by atoms with E-state index in [1.54, 1.807) is 23.4 Å². The van der Waals surface area contributed by atoms with Crippen LogP contribution in [0.4, 0.5) is 9.59 Å². The number of imidazole rings is 2. The Morgan fingerprint density at radius 3 is 1.80 bits per heavy atom. The molecule has 14 heteroatoms. The summed E-state index contributed by atoms with van der Waals surface area (Å²) in [7, 11) is 2.54. The number of ether oxygens (including phenoxy) is 2. The van der Waals surface area contributed by atoms with E-state index in [1.807, 2.05) is 76.2 Å². The molecule has 0 bridgehead atoms. The summed E-state index contributed by atoms with van der Waals surface area (Å²) in [6, 6.07) is 14.8. The molecule has 2 heterocycles. The van der Waals surface area contributed by atoms with Crippen molar-refractivity contribution < 1.29 is 28.7 Å². The number of carbonyl (C=O) groups is 4. The van der Waals surface area contributed by atoms with Gasteiger partial charge in [0.05, 0.1) is 50.1 Å². The van der Waals surface area contributed by atoms with E-state index in [0.29, 0.717) is 24.6 Å². The highest BCUT2D eigenvalue weighted by Gasteiger charge is 2.49. The predicted molar refractivity (Wildman–Crippen MR) is 205 cm³/mol. The van der Waals surface area contributed by atoms with Crippen LogP contribution in [0, 0.1) is 11.8 Å². The maximum atomic E-state index is 13.5. The van der Waals surface area contributed by atoms with E-state index < -0.39 is 29.8 Å². The van der Waals surface area contributed by atoms with Crippen LogP contribution in [0.15, 0.2) is 73.6 Å². The van der Waals surface area contributed by atoms with Crippen LogP contribution in [0.1, 0.15) is 58.6 Å². The van der Waals surface area contributed by atoms with Crippen molar-refractivity contribution in [1.82, 2.24) is 40.8 Å². The van der Waals surface area contributed by atoms with Crippen molar-refractivity contribution in [3.05, 3.63) is 85.2 Å². The van der Waals surface area contributed by atoms with Crippen molar-refractivity contribution in [2.24, 2.45) is 11.8 Å². The number of carbonyl (C=O) groups excluding carboxylic acids is 4. The van der Waals surface area contributed by atoms with Gasteiger partial charge in [-0.3, -0.25) is 9.59 Å². The van der Waals surface area contributed by atoms with E-state index in [0.717, 1.165) is 46.5 Å². The minimum atomic E-state index is -0.744. The molecule has 2 aromatic carbocycles. The Kier molecular flexibility index (Phi) is 12.6. The number of aromatic nitrogens is 4. The van der Waals surface area contributed by atoms with E-state index in [1.165, 1.54) is 14.2 Å². The molecule has 0 radical (unpaired) electrons. The van der Waals surface area contributed by atoms with Crippen LogP contribution in [-0.4, -0.2) is 81.7 Å². The molecular weight excluding hydrogens is 688 g/mol. The number of nitrogens with zero attached hydrogens (tertiary/aromatic N) is 3. The smallest absolute Gasteiger partial charge is 0.407 e. The number of hydrogen-bond acceptors (Lipinski definition) is 8. The molecule has 0 aliphatic heterocycles. The topological polar surface area (TPSA) is 183 Å². The molecule has 5 rings (SSSR count). The molecule has 2 aromatic heterocycles. The zero-order valence-corrected chi connectivity index (χ0v) is 31.7. The van der Waals surface area contributed by atoms with E-state index in [-0.39, 0.29) is 30.2 Å². The molecule has 0 saturated heterocycles. The second-order valence-electron chi connectivity index (χ2n) is 14.2. The summed E-state index contributed by atoms with van der Waals surface area (Å²) >= 11 is 0. The third kappa shape index (κ3) is 9.35. The zero-order chi connectivity index (χ0) is 39.0. The summed E-state index contributed by atoms with van der Waals surface area (Å²) in [5.74, 6) is 0.524. The highest BCUT2D eigenvalue weighted by molar-refractivity contribution is 5.87. The van der Waals surface area contributed by atoms with Gasteiger partial charge in [-0.05, 0) is 53.4 Å². The zero-order valence-electron chi connectivity index (χ0n) is 31.7. The average molecular weight is 739 g/mol. The first-order valence-electron chi connectivity index (χ1n) is 18.1. The van der Waals surface area contributed by atoms with Crippen LogP contribution in [0.5, 0.6) is 0 Å². The standard InChI is InChI=1S/C40H50N8O6/c1-8-9-20-48(36(50)34(25(4)5)46-39(52)54-7)23-32-41-21-30(43-32)28-14-10-26(11-15-28)27-12-16-29(17-13-27)31-22-42-37(44-31)40(18-19-40)47-35(49)33(24(2)3)45-38(51)53-6/h8,10-17,21-22,24-25,33-34H,1,9,18-20,23H2,2-7H3,(H,41,43)(H,42,44)(H,45,51)(H,46,52)(H,47,49)/t33-,34-/m0/s1. The van der Waals surface area contributed by atoms with E-state index in [9.17, 15) is 19.2 Å². The van der Waals surface area contributed by atoms with E-state index >= 15 is 0 Å². The number of aromatic amines is 2. The molecule has 0 unspecified atom stereocenters. The number of nitrogens with one attached hydrogen (secondary N) is 5. The van der Waals surface area contributed by atoms with Gasteiger partial charge in [0.2, 0.25) is 11.8 Å². The van der Waals surface area contributed by atoms with Gasteiger partial charge >= 0.3 is 12.2 Å². The van der Waals surface area contributed by atoms with Crippen LogP contribution in [-0.2, 0) is 31.1 Å². The Balaban J connectivity index is 1.23. The summed E-state index contributed by atoms with van der Waals surface area (Å²) in [4.78, 5) is 67.9. The van der Waals surface area contributed by atoms with Crippen LogP contribution < -0.4 is 16.0 Å². The molecule has 1 fully saturated rings. The number of amides is 4.